The molecule has 0 saturated carbocycles. The monoisotopic (exact) mass is 444 g/mol. The van der Waals surface area contributed by atoms with Crippen LogP contribution in [0.5, 0.6) is 0 Å². The molecule has 9 nitrogen and oxygen atoms in total. The first-order valence-electron chi connectivity index (χ1n) is 11.3. The number of hydrogen-bond acceptors (Lipinski definition) is 8. The average Bonchev–Trinajstić information content (AvgIpc) is 2.69. The van der Waals surface area contributed by atoms with Crippen molar-refractivity contribution in [2.75, 3.05) is 46.0 Å². The van der Waals surface area contributed by atoms with Crippen molar-refractivity contribution in [1.82, 2.24) is 10.2 Å². The molecular formula is C22H40N2O7. The molecule has 0 aliphatic carbocycles. The van der Waals surface area contributed by atoms with Crippen LogP contribution in [0.1, 0.15) is 66.7 Å². The van der Waals surface area contributed by atoms with Crippen molar-refractivity contribution in [2.45, 2.75) is 77.9 Å². The van der Waals surface area contributed by atoms with Gasteiger partial charge in [0.05, 0.1) is 19.8 Å². The van der Waals surface area contributed by atoms with Crippen LogP contribution in [0.15, 0.2) is 0 Å². The van der Waals surface area contributed by atoms with Gasteiger partial charge in [-0.15, -0.1) is 0 Å². The van der Waals surface area contributed by atoms with Gasteiger partial charge in [-0.25, -0.2) is 14.4 Å². The summed E-state index contributed by atoms with van der Waals surface area (Å²) in [6, 6.07) is 0. The van der Waals surface area contributed by atoms with Gasteiger partial charge in [-0.2, -0.15) is 0 Å². The van der Waals surface area contributed by atoms with Gasteiger partial charge < -0.3 is 29.2 Å². The quantitative estimate of drug-likeness (QED) is 0.212. The Morgan fingerprint density at radius 2 is 1.52 bits per heavy atom. The standard InChI is InChI=1S/C22H40N2O7/c1-6-28-18(25)22(19(26)29-7-2,30-17-16-24-14-9-8-10-15-24)12-11-13-23-20(27)31-21(3,4)5/h6-17H2,1-5H3,(H,23,27). The van der Waals surface area contributed by atoms with E-state index in [0.717, 1.165) is 25.9 Å². The number of nitrogens with zero attached hydrogens (tertiary/aromatic N) is 1. The van der Waals surface area contributed by atoms with Crippen molar-refractivity contribution in [3.05, 3.63) is 0 Å². The molecule has 1 N–H and O–H groups in total. The highest BCUT2D eigenvalue weighted by atomic mass is 16.6. The molecule has 0 aromatic rings. The molecule has 0 spiro atoms. The van der Waals surface area contributed by atoms with E-state index >= 15 is 0 Å². The second-order valence-electron chi connectivity index (χ2n) is 8.55. The molecule has 180 valence electrons. The topological polar surface area (TPSA) is 103 Å². The minimum absolute atomic E-state index is 0.0282. The highest BCUT2D eigenvalue weighted by molar-refractivity contribution is 6.03. The van der Waals surface area contributed by atoms with Gasteiger partial charge in [0.2, 0.25) is 0 Å². The van der Waals surface area contributed by atoms with E-state index in [4.69, 9.17) is 18.9 Å². The number of nitrogens with one attached hydrogen (secondary N) is 1. The molecule has 1 heterocycles. The molecule has 1 saturated heterocycles. The van der Waals surface area contributed by atoms with Crippen LogP contribution in [-0.2, 0) is 28.5 Å². The summed E-state index contributed by atoms with van der Waals surface area (Å²) >= 11 is 0. The first-order valence-corrected chi connectivity index (χ1v) is 11.3. The van der Waals surface area contributed by atoms with Crippen molar-refractivity contribution in [3.63, 3.8) is 0 Å². The second kappa shape index (κ2) is 13.5. The zero-order chi connectivity index (χ0) is 23.3. The van der Waals surface area contributed by atoms with Gasteiger partial charge in [-0.3, -0.25) is 0 Å². The second-order valence-corrected chi connectivity index (χ2v) is 8.55. The Morgan fingerprint density at radius 1 is 0.935 bits per heavy atom. The fourth-order valence-corrected chi connectivity index (χ4v) is 3.35. The van der Waals surface area contributed by atoms with Gasteiger partial charge in [0.1, 0.15) is 5.60 Å². The third kappa shape index (κ3) is 9.86. The molecule has 1 amide bonds. The fraction of sp³-hybridized carbons (Fsp3) is 0.864. The van der Waals surface area contributed by atoms with E-state index < -0.39 is 29.2 Å². The van der Waals surface area contributed by atoms with Crippen LogP contribution < -0.4 is 5.32 Å². The van der Waals surface area contributed by atoms with Crippen LogP contribution in [-0.4, -0.2) is 80.1 Å². The molecule has 1 aliphatic rings. The van der Waals surface area contributed by atoms with Crippen molar-refractivity contribution in [1.29, 1.82) is 0 Å². The Bertz CT molecular complexity index is 551. The summed E-state index contributed by atoms with van der Waals surface area (Å²) in [5.74, 6) is -1.52. The normalized spacial score (nSPS) is 15.3. The lowest BCUT2D eigenvalue weighted by Crippen LogP contribution is -2.52. The van der Waals surface area contributed by atoms with E-state index in [9.17, 15) is 14.4 Å². The molecule has 9 heteroatoms. The SMILES string of the molecule is CCOC(=O)C(CCCNC(=O)OC(C)(C)C)(OCCN1CCCCC1)C(=O)OCC. The lowest BCUT2D eigenvalue weighted by molar-refractivity contribution is -0.192. The molecule has 0 atom stereocenters. The van der Waals surface area contributed by atoms with E-state index in [1.807, 2.05) is 0 Å². The van der Waals surface area contributed by atoms with Gasteiger partial charge in [0.15, 0.2) is 0 Å². The summed E-state index contributed by atoms with van der Waals surface area (Å²) in [6.45, 7) is 11.9. The Labute approximate surface area is 186 Å². The van der Waals surface area contributed by atoms with Gasteiger partial charge in [-0.05, 0) is 67.0 Å². The summed E-state index contributed by atoms with van der Waals surface area (Å²) in [4.78, 5) is 39.7. The maximum absolute atomic E-state index is 12.8. The van der Waals surface area contributed by atoms with Gasteiger partial charge in [-0.1, -0.05) is 6.42 Å². The van der Waals surface area contributed by atoms with E-state index in [2.05, 4.69) is 10.2 Å². The third-order valence-electron chi connectivity index (χ3n) is 4.79. The fourth-order valence-electron chi connectivity index (χ4n) is 3.35. The van der Waals surface area contributed by atoms with E-state index in [1.165, 1.54) is 6.42 Å². The van der Waals surface area contributed by atoms with Crippen molar-refractivity contribution >= 4 is 18.0 Å². The Morgan fingerprint density at radius 3 is 2.03 bits per heavy atom. The highest BCUT2D eigenvalue weighted by Crippen LogP contribution is 2.24. The number of ether oxygens (including phenoxy) is 4. The highest BCUT2D eigenvalue weighted by Gasteiger charge is 2.50. The smallest absolute Gasteiger partial charge is 0.407 e. The molecule has 31 heavy (non-hydrogen) atoms. The minimum atomic E-state index is -1.85. The van der Waals surface area contributed by atoms with Gasteiger partial charge in [0, 0.05) is 19.5 Å². The van der Waals surface area contributed by atoms with Crippen molar-refractivity contribution < 1.29 is 33.3 Å². The summed E-state index contributed by atoms with van der Waals surface area (Å²) in [7, 11) is 0. The first-order chi connectivity index (χ1) is 14.6. The number of carbonyl (C=O) groups excluding carboxylic acids is 3. The Balaban J connectivity index is 2.78. The number of alkyl carbamates (subject to hydrolysis) is 1. The molecule has 0 radical (unpaired) electrons. The summed E-state index contributed by atoms with van der Waals surface area (Å²) in [5, 5.41) is 2.63. The van der Waals surface area contributed by atoms with Crippen LogP contribution >= 0.6 is 0 Å². The number of esters is 2. The average molecular weight is 445 g/mol. The predicted molar refractivity (Wildman–Crippen MR) is 116 cm³/mol. The number of rotatable bonds is 12. The third-order valence-corrected chi connectivity index (χ3v) is 4.79. The van der Waals surface area contributed by atoms with Crippen LogP contribution in [0, 0.1) is 0 Å². The maximum Gasteiger partial charge on any atom is 0.407 e. The summed E-state index contributed by atoms with van der Waals surface area (Å²) in [6.07, 6.45) is 3.27. The zero-order valence-electron chi connectivity index (χ0n) is 19.8. The van der Waals surface area contributed by atoms with Gasteiger partial charge in [0.25, 0.3) is 5.60 Å². The lowest BCUT2D eigenvalue weighted by atomic mass is 9.97. The molecule has 1 fully saturated rings. The van der Waals surface area contributed by atoms with Crippen LogP contribution in [0.2, 0.25) is 0 Å². The largest absolute Gasteiger partial charge is 0.463 e. The summed E-state index contributed by atoms with van der Waals surface area (Å²) < 4.78 is 21.5. The molecule has 1 rings (SSSR count). The first kappa shape index (κ1) is 27.2. The number of carbonyl (C=O) groups is 3. The van der Waals surface area contributed by atoms with Crippen LogP contribution in [0.4, 0.5) is 4.79 Å². The number of piperidine rings is 1. The van der Waals surface area contributed by atoms with Crippen LogP contribution in [0.3, 0.4) is 0 Å². The van der Waals surface area contributed by atoms with Gasteiger partial charge >= 0.3 is 18.0 Å². The Kier molecular flexibility index (Phi) is 11.8. The molecule has 0 bridgehead atoms. The Hall–Kier alpha value is -1.87. The predicted octanol–water partition coefficient (Wildman–Crippen LogP) is 2.66. The van der Waals surface area contributed by atoms with Crippen LogP contribution in [0.25, 0.3) is 0 Å². The molecule has 1 aliphatic heterocycles. The van der Waals surface area contributed by atoms with E-state index in [0.29, 0.717) is 13.0 Å². The molecule has 0 aromatic carbocycles. The van der Waals surface area contributed by atoms with E-state index in [-0.39, 0.29) is 32.8 Å². The molecule has 0 unspecified atom stereocenters. The number of likely N-dealkylation sites (tertiary alicyclic amines) is 1. The lowest BCUT2D eigenvalue weighted by Gasteiger charge is -2.31. The number of amides is 1. The van der Waals surface area contributed by atoms with Crippen molar-refractivity contribution in [2.24, 2.45) is 0 Å². The van der Waals surface area contributed by atoms with E-state index in [1.54, 1.807) is 34.6 Å². The minimum Gasteiger partial charge on any atom is -0.463 e. The molecular weight excluding hydrogens is 404 g/mol. The van der Waals surface area contributed by atoms with Crippen molar-refractivity contribution in [3.8, 4) is 0 Å². The zero-order valence-corrected chi connectivity index (χ0v) is 19.8. The molecule has 0 aromatic heterocycles. The summed E-state index contributed by atoms with van der Waals surface area (Å²) in [5.41, 5.74) is -2.46. The maximum atomic E-state index is 12.8. The number of hydrogen-bond donors (Lipinski definition) is 1.